The van der Waals surface area contributed by atoms with Crippen LogP contribution in [0.25, 0.3) is 22.6 Å². The fourth-order valence-electron chi connectivity index (χ4n) is 3.42. The van der Waals surface area contributed by atoms with Crippen molar-refractivity contribution in [1.82, 2.24) is 10.1 Å². The monoisotopic (exact) mass is 425 g/mol. The molecular formula is C23H24ClN3O3. The van der Waals surface area contributed by atoms with Crippen molar-refractivity contribution in [3.05, 3.63) is 59.8 Å². The van der Waals surface area contributed by atoms with Gasteiger partial charge in [0, 0.05) is 25.2 Å². The van der Waals surface area contributed by atoms with Gasteiger partial charge in [-0.3, -0.25) is 4.90 Å². The molecule has 30 heavy (non-hydrogen) atoms. The second kappa shape index (κ2) is 10.8. The highest BCUT2D eigenvalue weighted by molar-refractivity contribution is 5.99. The molecule has 1 aliphatic heterocycles. The Labute approximate surface area is 182 Å². The molecule has 6 nitrogen and oxygen atoms in total. The van der Waals surface area contributed by atoms with Gasteiger partial charge in [0.05, 0.1) is 30.8 Å². The Morgan fingerprint density at radius 3 is 2.73 bits per heavy atom. The van der Waals surface area contributed by atoms with Crippen LogP contribution in [0.5, 0.6) is 5.75 Å². The number of allylic oxidation sites excluding steroid dienone is 1. The summed E-state index contributed by atoms with van der Waals surface area (Å²) in [5.41, 5.74) is 2.50. The minimum absolute atomic E-state index is 0. The van der Waals surface area contributed by atoms with Crippen molar-refractivity contribution in [2.45, 2.75) is 6.42 Å². The third-order valence-electron chi connectivity index (χ3n) is 4.95. The van der Waals surface area contributed by atoms with E-state index in [-0.39, 0.29) is 12.4 Å². The third kappa shape index (κ3) is 5.19. The van der Waals surface area contributed by atoms with Crippen molar-refractivity contribution in [3.8, 4) is 11.8 Å². The molecule has 1 aliphatic rings. The number of rotatable bonds is 7. The van der Waals surface area contributed by atoms with Crippen LogP contribution in [0.2, 0.25) is 0 Å². The van der Waals surface area contributed by atoms with E-state index in [1.165, 1.54) is 0 Å². The lowest BCUT2D eigenvalue weighted by Gasteiger charge is -2.26. The molecule has 1 fully saturated rings. The van der Waals surface area contributed by atoms with Crippen LogP contribution in [-0.2, 0) is 4.74 Å². The van der Waals surface area contributed by atoms with Gasteiger partial charge in [-0.15, -0.1) is 12.4 Å². The van der Waals surface area contributed by atoms with E-state index in [4.69, 9.17) is 14.0 Å². The number of para-hydroxylation sites is 2. The topological polar surface area (TPSA) is 71.5 Å². The highest BCUT2D eigenvalue weighted by atomic mass is 35.5. The molecular weight excluding hydrogens is 402 g/mol. The molecule has 0 spiro atoms. The van der Waals surface area contributed by atoms with Gasteiger partial charge in [-0.25, -0.2) is 0 Å². The van der Waals surface area contributed by atoms with Gasteiger partial charge >= 0.3 is 0 Å². The maximum atomic E-state index is 9.71. The van der Waals surface area contributed by atoms with Crippen molar-refractivity contribution in [3.63, 3.8) is 0 Å². The molecule has 2 aromatic carbocycles. The molecule has 2 heterocycles. The van der Waals surface area contributed by atoms with Crippen molar-refractivity contribution < 1.29 is 14.0 Å². The summed E-state index contributed by atoms with van der Waals surface area (Å²) in [5, 5.41) is 14.6. The normalized spacial score (nSPS) is 14.8. The minimum Gasteiger partial charge on any atom is -0.493 e. The Morgan fingerprint density at radius 2 is 1.90 bits per heavy atom. The standard InChI is InChI=1S/C23H23N3O3.ClH/c24-17-19(23-20-7-2-4-9-22(20)29-25-23)16-18-6-1-3-8-21(18)28-13-5-10-26-11-14-27-15-12-26;/h1-4,6-9,16H,5,10-15H2;1H/b19-16+;. The SMILES string of the molecule is Cl.N#C/C(=C\c1ccccc1OCCCN1CCOCC1)c1noc2ccccc12. The average molecular weight is 426 g/mol. The maximum Gasteiger partial charge on any atom is 0.167 e. The van der Waals surface area contributed by atoms with Gasteiger partial charge in [-0.1, -0.05) is 35.5 Å². The molecule has 0 N–H and O–H groups in total. The number of aromatic nitrogens is 1. The van der Waals surface area contributed by atoms with Crippen LogP contribution in [0.15, 0.2) is 53.1 Å². The summed E-state index contributed by atoms with van der Waals surface area (Å²) in [6, 6.07) is 17.5. The zero-order chi connectivity index (χ0) is 19.9. The van der Waals surface area contributed by atoms with Gasteiger partial charge in [-0.2, -0.15) is 5.26 Å². The number of morpholine rings is 1. The first-order valence-corrected chi connectivity index (χ1v) is 9.83. The van der Waals surface area contributed by atoms with Crippen molar-refractivity contribution in [2.24, 2.45) is 0 Å². The Kier molecular flexibility index (Phi) is 7.86. The molecule has 4 rings (SSSR count). The number of hydrogen-bond acceptors (Lipinski definition) is 6. The second-order valence-corrected chi connectivity index (χ2v) is 6.89. The Bertz CT molecular complexity index is 1040. The first-order valence-electron chi connectivity index (χ1n) is 9.83. The molecule has 7 heteroatoms. The Hall–Kier alpha value is -2.85. The summed E-state index contributed by atoms with van der Waals surface area (Å²) in [6.07, 6.45) is 2.75. The van der Waals surface area contributed by atoms with E-state index in [1.807, 2.05) is 54.6 Å². The third-order valence-corrected chi connectivity index (χ3v) is 4.95. The smallest absolute Gasteiger partial charge is 0.167 e. The number of ether oxygens (including phenoxy) is 2. The van der Waals surface area contributed by atoms with E-state index in [9.17, 15) is 5.26 Å². The summed E-state index contributed by atoms with van der Waals surface area (Å²) in [6.45, 7) is 5.20. The molecule has 1 aromatic heterocycles. The van der Waals surface area contributed by atoms with E-state index < -0.39 is 0 Å². The highest BCUT2D eigenvalue weighted by Gasteiger charge is 2.14. The molecule has 0 bridgehead atoms. The minimum atomic E-state index is 0. The summed E-state index contributed by atoms with van der Waals surface area (Å²) < 4.78 is 16.8. The van der Waals surface area contributed by atoms with Gasteiger partial charge in [0.25, 0.3) is 0 Å². The quantitative estimate of drug-likeness (QED) is 0.412. The zero-order valence-electron chi connectivity index (χ0n) is 16.6. The number of nitrogens with zero attached hydrogens (tertiary/aromatic N) is 3. The summed E-state index contributed by atoms with van der Waals surface area (Å²) >= 11 is 0. The van der Waals surface area contributed by atoms with Crippen LogP contribution >= 0.6 is 12.4 Å². The summed E-state index contributed by atoms with van der Waals surface area (Å²) in [7, 11) is 0. The fourth-order valence-corrected chi connectivity index (χ4v) is 3.42. The maximum absolute atomic E-state index is 9.71. The number of nitriles is 1. The van der Waals surface area contributed by atoms with E-state index in [0.29, 0.717) is 23.5 Å². The lowest BCUT2D eigenvalue weighted by atomic mass is 10.1. The van der Waals surface area contributed by atoms with Crippen LogP contribution in [0.4, 0.5) is 0 Å². The Balaban J connectivity index is 0.00000256. The van der Waals surface area contributed by atoms with E-state index >= 15 is 0 Å². The van der Waals surface area contributed by atoms with Crippen LogP contribution in [0.1, 0.15) is 17.7 Å². The molecule has 0 saturated carbocycles. The first-order chi connectivity index (χ1) is 14.3. The second-order valence-electron chi connectivity index (χ2n) is 6.89. The highest BCUT2D eigenvalue weighted by Crippen LogP contribution is 2.28. The van der Waals surface area contributed by atoms with Gasteiger partial charge in [0.2, 0.25) is 0 Å². The molecule has 156 valence electrons. The Morgan fingerprint density at radius 1 is 1.13 bits per heavy atom. The zero-order valence-corrected chi connectivity index (χ0v) is 17.4. The van der Waals surface area contributed by atoms with E-state index in [2.05, 4.69) is 16.1 Å². The lowest BCUT2D eigenvalue weighted by molar-refractivity contribution is 0.0358. The van der Waals surface area contributed by atoms with Crippen LogP contribution in [0, 0.1) is 11.3 Å². The summed E-state index contributed by atoms with van der Waals surface area (Å²) in [4.78, 5) is 2.39. The van der Waals surface area contributed by atoms with Crippen LogP contribution in [-0.4, -0.2) is 49.5 Å². The molecule has 1 saturated heterocycles. The van der Waals surface area contributed by atoms with Gasteiger partial charge in [0.1, 0.15) is 17.5 Å². The van der Waals surface area contributed by atoms with Crippen LogP contribution in [0.3, 0.4) is 0 Å². The van der Waals surface area contributed by atoms with Gasteiger partial charge in [0.15, 0.2) is 5.58 Å². The number of hydrogen-bond donors (Lipinski definition) is 0. The predicted octanol–water partition coefficient (Wildman–Crippen LogP) is 4.41. The van der Waals surface area contributed by atoms with E-state index in [1.54, 1.807) is 0 Å². The van der Waals surface area contributed by atoms with E-state index in [0.717, 1.165) is 56.0 Å². The van der Waals surface area contributed by atoms with Gasteiger partial charge < -0.3 is 14.0 Å². The number of benzene rings is 2. The first kappa shape index (κ1) is 21.8. The molecule has 0 radical (unpaired) electrons. The number of halogens is 1. The largest absolute Gasteiger partial charge is 0.493 e. The van der Waals surface area contributed by atoms with Crippen molar-refractivity contribution in [2.75, 3.05) is 39.5 Å². The number of fused-ring (bicyclic) bond motifs is 1. The predicted molar refractivity (Wildman–Crippen MR) is 119 cm³/mol. The average Bonchev–Trinajstić information content (AvgIpc) is 3.21. The lowest BCUT2D eigenvalue weighted by Crippen LogP contribution is -2.37. The molecule has 3 aromatic rings. The summed E-state index contributed by atoms with van der Waals surface area (Å²) in [5.74, 6) is 0.759. The molecule has 0 atom stereocenters. The fraction of sp³-hybridized carbons (Fsp3) is 0.304. The van der Waals surface area contributed by atoms with Crippen molar-refractivity contribution in [1.29, 1.82) is 5.26 Å². The molecule has 0 unspecified atom stereocenters. The molecule has 0 aliphatic carbocycles. The van der Waals surface area contributed by atoms with Gasteiger partial charge in [-0.05, 0) is 30.7 Å². The van der Waals surface area contributed by atoms with Crippen molar-refractivity contribution >= 4 is 35.0 Å². The molecule has 0 amide bonds. The van der Waals surface area contributed by atoms with Crippen LogP contribution < -0.4 is 4.74 Å².